The van der Waals surface area contributed by atoms with Gasteiger partial charge in [0, 0.05) is 6.07 Å². The molecule has 34 heavy (non-hydrogen) atoms. The number of pyridine rings is 1. The Morgan fingerprint density at radius 2 is 2.00 bits per heavy atom. The number of aliphatic hydroxyl groups is 1. The van der Waals surface area contributed by atoms with Crippen LogP contribution in [0.15, 0.2) is 54.7 Å². The minimum atomic E-state index is -4.79. The van der Waals surface area contributed by atoms with E-state index in [1.807, 2.05) is 11.0 Å². The summed E-state index contributed by atoms with van der Waals surface area (Å²) in [4.78, 5) is 13.9. The van der Waals surface area contributed by atoms with E-state index in [9.17, 15) is 18.3 Å². The zero-order chi connectivity index (χ0) is 23.9. The second-order valence-electron chi connectivity index (χ2n) is 7.54. The molecule has 0 fully saturated rings. The molecule has 0 saturated carbocycles. The maximum atomic E-state index is 12.6. The summed E-state index contributed by atoms with van der Waals surface area (Å²) in [6, 6.07) is 12.5. The number of para-hydroxylation sites is 1. The summed E-state index contributed by atoms with van der Waals surface area (Å²) in [6.45, 7) is 0.0298. The van der Waals surface area contributed by atoms with E-state index in [1.54, 1.807) is 37.6 Å². The van der Waals surface area contributed by atoms with Crippen molar-refractivity contribution in [2.45, 2.75) is 12.4 Å². The third kappa shape index (κ3) is 4.05. The van der Waals surface area contributed by atoms with Gasteiger partial charge in [-0.05, 0) is 36.4 Å². The lowest BCUT2D eigenvalue weighted by atomic mass is 10.1. The molecule has 0 radical (unpaired) electrons. The van der Waals surface area contributed by atoms with E-state index in [-0.39, 0.29) is 25.0 Å². The lowest BCUT2D eigenvalue weighted by molar-refractivity contribution is -0.274. The number of rotatable bonds is 5. The van der Waals surface area contributed by atoms with Crippen LogP contribution >= 0.6 is 0 Å². The Hall–Kier alpha value is -3.99. The van der Waals surface area contributed by atoms with Crippen LogP contribution in [0.5, 0.6) is 17.2 Å². The summed E-state index contributed by atoms with van der Waals surface area (Å²) in [5.41, 5.74) is 2.14. The van der Waals surface area contributed by atoms with Crippen LogP contribution in [0, 0.1) is 0 Å². The van der Waals surface area contributed by atoms with E-state index >= 15 is 0 Å². The Kier molecular flexibility index (Phi) is 5.40. The summed E-state index contributed by atoms with van der Waals surface area (Å²) in [5, 5.41) is 9.95. The number of fused-ring (bicyclic) bond motifs is 2. The highest BCUT2D eigenvalue weighted by atomic mass is 19.4. The summed E-state index contributed by atoms with van der Waals surface area (Å²) in [5.74, 6) is 1.78. The third-order valence-corrected chi connectivity index (χ3v) is 5.40. The van der Waals surface area contributed by atoms with E-state index < -0.39 is 6.36 Å². The van der Waals surface area contributed by atoms with Gasteiger partial charge in [0.1, 0.15) is 29.7 Å². The average Bonchev–Trinajstić information content (AvgIpc) is 3.25. The van der Waals surface area contributed by atoms with Gasteiger partial charge in [0.25, 0.3) is 0 Å². The van der Waals surface area contributed by atoms with Crippen LogP contribution in [0.25, 0.3) is 22.4 Å². The molecule has 1 atom stereocenters. The fourth-order valence-electron chi connectivity index (χ4n) is 3.90. The van der Waals surface area contributed by atoms with Gasteiger partial charge in [-0.15, -0.1) is 13.2 Å². The van der Waals surface area contributed by atoms with Gasteiger partial charge >= 0.3 is 6.36 Å². The number of anilines is 2. The normalized spacial score (nSPS) is 15.7. The van der Waals surface area contributed by atoms with Crippen molar-refractivity contribution in [1.29, 1.82) is 0 Å². The van der Waals surface area contributed by atoms with Crippen molar-refractivity contribution in [3.8, 4) is 28.6 Å². The molecular weight excluding hydrogens is 453 g/mol. The van der Waals surface area contributed by atoms with E-state index in [0.29, 0.717) is 45.4 Å². The maximum Gasteiger partial charge on any atom is 0.573 e. The van der Waals surface area contributed by atoms with Crippen LogP contribution in [0.1, 0.15) is 0 Å². The molecular formula is C23H19F3N4O4. The second-order valence-corrected chi connectivity index (χ2v) is 7.54. The number of aliphatic hydroxyl groups excluding tert-OH is 1. The maximum absolute atomic E-state index is 12.6. The molecule has 5 rings (SSSR count). The molecule has 2 N–H and O–H groups in total. The predicted molar refractivity (Wildman–Crippen MR) is 118 cm³/mol. The molecule has 1 unspecified atom stereocenters. The van der Waals surface area contributed by atoms with Crippen LogP contribution in [-0.4, -0.2) is 52.8 Å². The van der Waals surface area contributed by atoms with Crippen LogP contribution in [0.4, 0.5) is 24.7 Å². The number of ether oxygens (including phenoxy) is 3. The molecule has 11 heteroatoms. The molecule has 8 nitrogen and oxygen atoms in total. The van der Waals surface area contributed by atoms with Crippen LogP contribution < -0.4 is 19.1 Å². The van der Waals surface area contributed by atoms with Crippen molar-refractivity contribution in [2.75, 3.05) is 25.2 Å². The number of imidazole rings is 1. The Morgan fingerprint density at radius 3 is 2.71 bits per heavy atom. The topological polar surface area (TPSA) is 92.7 Å². The number of benzene rings is 2. The van der Waals surface area contributed by atoms with Gasteiger partial charge in [-0.1, -0.05) is 6.07 Å². The SMILES string of the molecule is COc1ccc(N2c3cccc(-c4nc5ccc(OC(F)(F)F)cc5[nH]4)c3OCC2CO)nc1. The molecule has 0 spiro atoms. The average molecular weight is 472 g/mol. The standard InChI is InChI=1S/C23H19F3N4O4/c1-32-15-6-8-20(27-10-15)30-13(11-31)12-33-21-16(3-2-4-19(21)30)22-28-17-7-5-14(9-18(17)29-22)34-23(24,25)26/h2-10,13,31H,11-12H2,1H3,(H,28,29). The molecule has 1 aliphatic rings. The molecule has 0 bridgehead atoms. The zero-order valence-corrected chi connectivity index (χ0v) is 17.8. The molecule has 2 aromatic carbocycles. The molecule has 0 aliphatic carbocycles. The number of alkyl halides is 3. The summed E-state index contributed by atoms with van der Waals surface area (Å²) < 4.78 is 52.9. The van der Waals surface area contributed by atoms with Crippen LogP contribution in [0.2, 0.25) is 0 Å². The van der Waals surface area contributed by atoms with E-state index in [0.717, 1.165) is 0 Å². The number of hydrogen-bond donors (Lipinski definition) is 2. The fraction of sp³-hybridized carbons (Fsp3) is 0.217. The molecule has 3 heterocycles. The predicted octanol–water partition coefficient (Wildman–Crippen LogP) is 4.42. The molecule has 0 amide bonds. The molecule has 4 aromatic rings. The largest absolute Gasteiger partial charge is 0.573 e. The van der Waals surface area contributed by atoms with Gasteiger partial charge in [-0.25, -0.2) is 9.97 Å². The van der Waals surface area contributed by atoms with Crippen LogP contribution in [-0.2, 0) is 0 Å². The van der Waals surface area contributed by atoms with Crippen LogP contribution in [0.3, 0.4) is 0 Å². The number of nitrogens with one attached hydrogen (secondary N) is 1. The summed E-state index contributed by atoms with van der Waals surface area (Å²) in [6.07, 6.45) is -3.20. The number of hydrogen-bond acceptors (Lipinski definition) is 7. The number of aromatic nitrogens is 3. The highest BCUT2D eigenvalue weighted by Gasteiger charge is 2.32. The van der Waals surface area contributed by atoms with Gasteiger partial charge in [-0.3, -0.25) is 0 Å². The Morgan fingerprint density at radius 1 is 1.18 bits per heavy atom. The number of methoxy groups -OCH3 is 1. The monoisotopic (exact) mass is 472 g/mol. The van der Waals surface area contributed by atoms with Gasteiger partial charge in [-0.2, -0.15) is 0 Å². The molecule has 176 valence electrons. The Balaban J connectivity index is 1.56. The fourth-order valence-corrected chi connectivity index (χ4v) is 3.90. The number of nitrogens with zero attached hydrogens (tertiary/aromatic N) is 3. The van der Waals surface area contributed by atoms with Gasteiger partial charge < -0.3 is 29.2 Å². The minimum absolute atomic E-state index is 0.163. The number of aromatic amines is 1. The lowest BCUT2D eigenvalue weighted by Crippen LogP contribution is -2.43. The first kappa shape index (κ1) is 21.8. The zero-order valence-electron chi connectivity index (χ0n) is 17.8. The third-order valence-electron chi connectivity index (χ3n) is 5.40. The van der Waals surface area contributed by atoms with Crippen molar-refractivity contribution < 1.29 is 32.5 Å². The van der Waals surface area contributed by atoms with Crippen molar-refractivity contribution in [3.05, 3.63) is 54.7 Å². The minimum Gasteiger partial charge on any atom is -0.495 e. The van der Waals surface area contributed by atoms with Crippen molar-refractivity contribution >= 4 is 22.5 Å². The first-order chi connectivity index (χ1) is 16.4. The molecule has 2 aromatic heterocycles. The van der Waals surface area contributed by atoms with E-state index in [1.165, 1.54) is 18.2 Å². The second kappa shape index (κ2) is 8.41. The number of halogens is 3. The smallest absolute Gasteiger partial charge is 0.495 e. The highest BCUT2D eigenvalue weighted by Crippen LogP contribution is 2.44. The quantitative estimate of drug-likeness (QED) is 0.444. The van der Waals surface area contributed by atoms with Gasteiger partial charge in [0.15, 0.2) is 5.75 Å². The Bertz CT molecular complexity index is 1320. The van der Waals surface area contributed by atoms with Gasteiger partial charge in [0.05, 0.1) is 48.2 Å². The highest BCUT2D eigenvalue weighted by molar-refractivity contribution is 5.85. The Labute approximate surface area is 191 Å². The number of H-pyrrole nitrogens is 1. The first-order valence-corrected chi connectivity index (χ1v) is 10.3. The molecule has 0 saturated heterocycles. The van der Waals surface area contributed by atoms with Gasteiger partial charge in [0.2, 0.25) is 0 Å². The lowest BCUT2D eigenvalue weighted by Gasteiger charge is -2.37. The summed E-state index contributed by atoms with van der Waals surface area (Å²) >= 11 is 0. The molecule has 1 aliphatic heterocycles. The van der Waals surface area contributed by atoms with Crippen molar-refractivity contribution in [2.24, 2.45) is 0 Å². The van der Waals surface area contributed by atoms with E-state index in [2.05, 4.69) is 19.7 Å². The van der Waals surface area contributed by atoms with Crippen molar-refractivity contribution in [1.82, 2.24) is 15.0 Å². The first-order valence-electron chi connectivity index (χ1n) is 10.3. The summed E-state index contributed by atoms with van der Waals surface area (Å²) in [7, 11) is 1.55. The van der Waals surface area contributed by atoms with E-state index in [4.69, 9.17) is 9.47 Å². The van der Waals surface area contributed by atoms with Crippen molar-refractivity contribution in [3.63, 3.8) is 0 Å².